The van der Waals surface area contributed by atoms with Crippen molar-refractivity contribution >= 4 is 21.4 Å². The van der Waals surface area contributed by atoms with E-state index in [1.807, 2.05) is 13.8 Å². The Balaban J connectivity index is 1.71. The van der Waals surface area contributed by atoms with E-state index in [2.05, 4.69) is 30.4 Å². The lowest BCUT2D eigenvalue weighted by atomic mass is 9.65. The van der Waals surface area contributed by atoms with Crippen molar-refractivity contribution < 1.29 is 8.42 Å². The van der Waals surface area contributed by atoms with Gasteiger partial charge in [0.2, 0.25) is 0 Å². The van der Waals surface area contributed by atoms with Crippen LogP contribution in [0.5, 0.6) is 0 Å². The summed E-state index contributed by atoms with van der Waals surface area (Å²) in [5.41, 5.74) is 0.267. The Morgan fingerprint density at radius 3 is 2.67 bits per heavy atom. The van der Waals surface area contributed by atoms with Gasteiger partial charge in [0, 0.05) is 24.7 Å². The van der Waals surface area contributed by atoms with Gasteiger partial charge >= 0.3 is 0 Å². The van der Waals surface area contributed by atoms with Crippen LogP contribution >= 0.6 is 11.3 Å². The summed E-state index contributed by atoms with van der Waals surface area (Å²) in [6.07, 6.45) is 3.70. The molecule has 2 fully saturated rings. The molecule has 0 radical (unpaired) electrons. The van der Waals surface area contributed by atoms with E-state index in [0.29, 0.717) is 21.1 Å². The summed E-state index contributed by atoms with van der Waals surface area (Å²) in [6, 6.07) is 4.01. The van der Waals surface area contributed by atoms with Crippen LogP contribution in [0.15, 0.2) is 21.7 Å². The van der Waals surface area contributed by atoms with E-state index in [4.69, 9.17) is 0 Å². The molecule has 1 saturated carbocycles. The molecule has 4 nitrogen and oxygen atoms in total. The number of likely N-dealkylation sites (tertiary alicyclic amines) is 1. The molecule has 2 heterocycles. The molecule has 3 rings (SSSR count). The van der Waals surface area contributed by atoms with Crippen molar-refractivity contribution in [3.05, 3.63) is 17.5 Å². The molecular weight excluding hydrogens is 340 g/mol. The van der Waals surface area contributed by atoms with Gasteiger partial charge in [-0.1, -0.05) is 26.8 Å². The monoisotopic (exact) mass is 370 g/mol. The van der Waals surface area contributed by atoms with Crippen LogP contribution in [-0.4, -0.2) is 38.0 Å². The van der Waals surface area contributed by atoms with Crippen molar-refractivity contribution in [2.24, 2.45) is 10.8 Å². The standard InChI is InChI=1S/C18H30N2O2S2/c1-16(2)9-14-10-18(5,11-16)13-20(14)12-17(3,4)19-24(21,22)15-7-6-8-23-15/h6-8,14,19H,9-13H2,1-5H3. The first kappa shape index (κ1) is 18.4. The molecule has 0 amide bonds. The Kier molecular flexibility index (Phi) is 4.43. The smallest absolute Gasteiger partial charge is 0.250 e. The number of sulfonamides is 1. The van der Waals surface area contributed by atoms with Crippen LogP contribution in [0, 0.1) is 10.8 Å². The minimum atomic E-state index is -3.43. The molecule has 1 saturated heterocycles. The van der Waals surface area contributed by atoms with Crippen LogP contribution in [0.4, 0.5) is 0 Å². The third-order valence-corrected chi connectivity index (χ3v) is 8.39. The number of hydrogen-bond acceptors (Lipinski definition) is 4. The molecule has 1 N–H and O–H groups in total. The van der Waals surface area contributed by atoms with Crippen LogP contribution in [0.25, 0.3) is 0 Å². The van der Waals surface area contributed by atoms with Gasteiger partial charge < -0.3 is 0 Å². The summed E-state index contributed by atoms with van der Waals surface area (Å²) in [4.78, 5) is 2.52. The highest BCUT2D eigenvalue weighted by atomic mass is 32.2. The maximum absolute atomic E-state index is 12.6. The van der Waals surface area contributed by atoms with E-state index in [1.54, 1.807) is 17.5 Å². The zero-order chi connectivity index (χ0) is 17.8. The van der Waals surface area contributed by atoms with E-state index in [-0.39, 0.29) is 0 Å². The molecule has 2 bridgehead atoms. The van der Waals surface area contributed by atoms with Gasteiger partial charge in [-0.25, -0.2) is 13.1 Å². The van der Waals surface area contributed by atoms with Gasteiger partial charge in [-0.05, 0) is 55.4 Å². The molecule has 24 heavy (non-hydrogen) atoms. The fourth-order valence-electron chi connectivity index (χ4n) is 5.13. The number of hydrogen-bond donors (Lipinski definition) is 1. The predicted octanol–water partition coefficient (Wildman–Crippen LogP) is 3.71. The number of nitrogens with one attached hydrogen (secondary N) is 1. The van der Waals surface area contributed by atoms with Crippen molar-refractivity contribution in [3.63, 3.8) is 0 Å². The topological polar surface area (TPSA) is 49.4 Å². The quantitative estimate of drug-likeness (QED) is 0.860. The van der Waals surface area contributed by atoms with Crippen LogP contribution in [0.1, 0.15) is 53.9 Å². The Bertz CT molecular complexity index is 695. The average Bonchev–Trinajstić information content (AvgIpc) is 2.93. The van der Waals surface area contributed by atoms with Gasteiger partial charge in [0.25, 0.3) is 10.0 Å². The fourth-order valence-corrected chi connectivity index (χ4v) is 7.53. The van der Waals surface area contributed by atoms with Crippen molar-refractivity contribution in [1.82, 2.24) is 9.62 Å². The second-order valence-electron chi connectivity index (χ2n) is 9.54. The van der Waals surface area contributed by atoms with Crippen LogP contribution < -0.4 is 4.72 Å². The molecular formula is C18H30N2O2S2. The lowest BCUT2D eigenvalue weighted by Gasteiger charge is -2.40. The van der Waals surface area contributed by atoms with Crippen molar-refractivity contribution in [3.8, 4) is 0 Å². The zero-order valence-electron chi connectivity index (χ0n) is 15.4. The maximum atomic E-state index is 12.6. The molecule has 1 aliphatic heterocycles. The second kappa shape index (κ2) is 5.79. The zero-order valence-corrected chi connectivity index (χ0v) is 17.1. The first-order valence-electron chi connectivity index (χ1n) is 8.72. The second-order valence-corrected chi connectivity index (χ2v) is 12.4. The van der Waals surface area contributed by atoms with Crippen LogP contribution in [-0.2, 0) is 10.0 Å². The van der Waals surface area contributed by atoms with Crippen molar-refractivity contribution in [2.45, 2.75) is 69.7 Å². The summed E-state index contributed by atoms with van der Waals surface area (Å²) >= 11 is 1.26. The highest BCUT2D eigenvalue weighted by Gasteiger charge is 2.50. The molecule has 2 atom stereocenters. The van der Waals surface area contributed by atoms with E-state index < -0.39 is 15.6 Å². The van der Waals surface area contributed by atoms with Gasteiger partial charge in [0.15, 0.2) is 0 Å². The SMILES string of the molecule is CC1(C)CC2CC(C)(CN2CC(C)(C)NS(=O)(=O)c2cccs2)C1. The van der Waals surface area contributed by atoms with E-state index in [1.165, 1.54) is 30.6 Å². The van der Waals surface area contributed by atoms with Gasteiger partial charge in [0.05, 0.1) is 0 Å². The third-order valence-electron chi connectivity index (χ3n) is 5.29. The van der Waals surface area contributed by atoms with E-state index >= 15 is 0 Å². The summed E-state index contributed by atoms with van der Waals surface area (Å²) in [5, 5.41) is 1.80. The molecule has 0 aromatic carbocycles. The highest BCUT2D eigenvalue weighted by molar-refractivity contribution is 7.91. The molecule has 1 aromatic heterocycles. The third kappa shape index (κ3) is 3.87. The normalized spacial score (nSPS) is 30.6. The lowest BCUT2D eigenvalue weighted by Crippen LogP contribution is -2.52. The molecule has 2 unspecified atom stereocenters. The molecule has 2 aliphatic rings. The lowest BCUT2D eigenvalue weighted by molar-refractivity contribution is 0.123. The first-order chi connectivity index (χ1) is 10.9. The van der Waals surface area contributed by atoms with Gasteiger partial charge in [0.1, 0.15) is 4.21 Å². The Morgan fingerprint density at radius 2 is 2.04 bits per heavy atom. The average molecular weight is 371 g/mol. The molecule has 136 valence electrons. The van der Waals surface area contributed by atoms with E-state index in [9.17, 15) is 8.42 Å². The molecule has 6 heteroatoms. The minimum absolute atomic E-state index is 0.370. The number of fused-ring (bicyclic) bond motifs is 2. The number of rotatable bonds is 5. The van der Waals surface area contributed by atoms with Gasteiger partial charge in [-0.2, -0.15) is 0 Å². The Hall–Kier alpha value is -0.430. The largest absolute Gasteiger partial charge is 0.298 e. The predicted molar refractivity (Wildman–Crippen MR) is 99.8 cm³/mol. The minimum Gasteiger partial charge on any atom is -0.298 e. The van der Waals surface area contributed by atoms with Gasteiger partial charge in [-0.15, -0.1) is 11.3 Å². The molecule has 1 aromatic rings. The highest BCUT2D eigenvalue weighted by Crippen LogP contribution is 2.52. The van der Waals surface area contributed by atoms with Crippen LogP contribution in [0.2, 0.25) is 0 Å². The summed E-state index contributed by atoms with van der Waals surface area (Å²) in [5.74, 6) is 0. The summed E-state index contributed by atoms with van der Waals surface area (Å²) in [6.45, 7) is 12.9. The van der Waals surface area contributed by atoms with Crippen LogP contribution in [0.3, 0.4) is 0 Å². The summed E-state index contributed by atoms with van der Waals surface area (Å²) in [7, 11) is -3.43. The summed E-state index contributed by atoms with van der Waals surface area (Å²) < 4.78 is 28.4. The van der Waals surface area contributed by atoms with Gasteiger partial charge in [-0.3, -0.25) is 4.90 Å². The first-order valence-corrected chi connectivity index (χ1v) is 11.1. The fraction of sp³-hybridized carbons (Fsp3) is 0.778. The number of thiophene rings is 1. The maximum Gasteiger partial charge on any atom is 0.250 e. The molecule has 1 aliphatic carbocycles. The van der Waals surface area contributed by atoms with E-state index in [0.717, 1.165) is 13.1 Å². The Morgan fingerprint density at radius 1 is 1.33 bits per heavy atom. The molecule has 0 spiro atoms. The number of nitrogens with zero attached hydrogens (tertiary/aromatic N) is 1. The van der Waals surface area contributed by atoms with Crippen molar-refractivity contribution in [2.75, 3.05) is 13.1 Å². The van der Waals surface area contributed by atoms with Crippen molar-refractivity contribution in [1.29, 1.82) is 0 Å². The Labute approximate surface area is 150 Å².